The predicted molar refractivity (Wildman–Crippen MR) is 85.0 cm³/mol. The maximum atomic E-state index is 12.2. The number of carbonyl (C=O) groups is 1. The first-order chi connectivity index (χ1) is 10.1. The lowest BCUT2D eigenvalue weighted by molar-refractivity contribution is 0.102. The van der Waals surface area contributed by atoms with Crippen LogP contribution in [0.4, 0.5) is 11.5 Å². The number of hydrogen-bond acceptors (Lipinski definition) is 4. The van der Waals surface area contributed by atoms with E-state index >= 15 is 0 Å². The van der Waals surface area contributed by atoms with E-state index in [1.54, 1.807) is 30.3 Å². The van der Waals surface area contributed by atoms with Crippen LogP contribution in [0.15, 0.2) is 36.7 Å². The normalized spacial score (nSPS) is 10.2. The molecule has 0 atom stereocenters. The highest BCUT2D eigenvalue weighted by Crippen LogP contribution is 2.16. The van der Waals surface area contributed by atoms with Gasteiger partial charge in [-0.2, -0.15) is 0 Å². The summed E-state index contributed by atoms with van der Waals surface area (Å²) in [5.41, 5.74) is 0.961. The van der Waals surface area contributed by atoms with Crippen LogP contribution in [0.1, 0.15) is 24.3 Å². The van der Waals surface area contributed by atoms with Crippen LogP contribution in [0.2, 0.25) is 5.02 Å². The van der Waals surface area contributed by atoms with E-state index in [1.807, 2.05) is 13.8 Å². The van der Waals surface area contributed by atoms with Crippen molar-refractivity contribution >= 4 is 29.0 Å². The van der Waals surface area contributed by atoms with Gasteiger partial charge in [0.1, 0.15) is 17.8 Å². The molecule has 1 amide bonds. The average molecular weight is 305 g/mol. The Hall–Kier alpha value is -2.14. The van der Waals surface area contributed by atoms with Crippen molar-refractivity contribution in [3.63, 3.8) is 0 Å². The summed E-state index contributed by atoms with van der Waals surface area (Å²) in [6, 6.07) is 8.68. The first kappa shape index (κ1) is 15.3. The molecule has 2 rings (SSSR count). The van der Waals surface area contributed by atoms with Crippen LogP contribution in [-0.4, -0.2) is 29.0 Å². The standard InChI is InChI=1S/C15H17ClN4O/c1-3-20(4-2)14-9-13(17-10-18-14)15(21)19-12-7-5-6-11(16)8-12/h5-10H,3-4H2,1-2H3,(H,19,21). The Kier molecular flexibility index (Phi) is 5.11. The maximum absolute atomic E-state index is 12.2. The van der Waals surface area contributed by atoms with Crippen LogP contribution in [-0.2, 0) is 0 Å². The first-order valence-corrected chi connectivity index (χ1v) is 7.15. The summed E-state index contributed by atoms with van der Waals surface area (Å²) in [4.78, 5) is 22.5. The number of amides is 1. The fraction of sp³-hybridized carbons (Fsp3) is 0.267. The topological polar surface area (TPSA) is 58.1 Å². The predicted octanol–water partition coefficient (Wildman–Crippen LogP) is 3.23. The van der Waals surface area contributed by atoms with Gasteiger partial charge in [0, 0.05) is 29.9 Å². The zero-order chi connectivity index (χ0) is 15.2. The Morgan fingerprint density at radius 3 is 2.67 bits per heavy atom. The van der Waals surface area contributed by atoms with Gasteiger partial charge >= 0.3 is 0 Å². The van der Waals surface area contributed by atoms with E-state index in [9.17, 15) is 4.79 Å². The quantitative estimate of drug-likeness (QED) is 0.921. The van der Waals surface area contributed by atoms with E-state index in [0.29, 0.717) is 16.4 Å². The lowest BCUT2D eigenvalue weighted by atomic mass is 10.3. The van der Waals surface area contributed by atoms with Gasteiger partial charge in [0.05, 0.1) is 0 Å². The molecule has 0 fully saturated rings. The van der Waals surface area contributed by atoms with Crippen LogP contribution in [0.3, 0.4) is 0 Å². The number of aromatic nitrogens is 2. The minimum absolute atomic E-state index is 0.284. The summed E-state index contributed by atoms with van der Waals surface area (Å²) in [6.45, 7) is 5.72. The van der Waals surface area contributed by atoms with Crippen LogP contribution in [0.25, 0.3) is 0 Å². The third kappa shape index (κ3) is 3.92. The van der Waals surface area contributed by atoms with Crippen molar-refractivity contribution in [1.29, 1.82) is 0 Å². The van der Waals surface area contributed by atoms with Crippen molar-refractivity contribution in [2.24, 2.45) is 0 Å². The fourth-order valence-electron chi connectivity index (χ4n) is 1.95. The maximum Gasteiger partial charge on any atom is 0.274 e. The summed E-state index contributed by atoms with van der Waals surface area (Å²) < 4.78 is 0. The van der Waals surface area contributed by atoms with Crippen LogP contribution in [0.5, 0.6) is 0 Å². The van der Waals surface area contributed by atoms with Gasteiger partial charge in [-0.25, -0.2) is 9.97 Å². The number of rotatable bonds is 5. The molecule has 2 aromatic rings. The molecule has 0 spiro atoms. The van der Waals surface area contributed by atoms with Crippen molar-refractivity contribution in [2.75, 3.05) is 23.3 Å². The van der Waals surface area contributed by atoms with Crippen molar-refractivity contribution < 1.29 is 4.79 Å². The third-order valence-electron chi connectivity index (χ3n) is 3.06. The summed E-state index contributed by atoms with van der Waals surface area (Å²) >= 11 is 5.90. The van der Waals surface area contributed by atoms with E-state index in [0.717, 1.165) is 18.9 Å². The van der Waals surface area contributed by atoms with Crippen LogP contribution < -0.4 is 10.2 Å². The zero-order valence-corrected chi connectivity index (χ0v) is 12.8. The molecule has 0 unspecified atom stereocenters. The molecule has 21 heavy (non-hydrogen) atoms. The molecule has 6 heteroatoms. The second kappa shape index (κ2) is 7.04. The smallest absolute Gasteiger partial charge is 0.274 e. The van der Waals surface area contributed by atoms with Gasteiger partial charge in [0.25, 0.3) is 5.91 Å². The summed E-state index contributed by atoms with van der Waals surface area (Å²) in [5, 5.41) is 3.34. The lowest BCUT2D eigenvalue weighted by Crippen LogP contribution is -2.24. The van der Waals surface area contributed by atoms with E-state index in [1.165, 1.54) is 6.33 Å². The molecule has 0 aliphatic heterocycles. The van der Waals surface area contributed by atoms with Gasteiger partial charge in [0.15, 0.2) is 0 Å². The van der Waals surface area contributed by atoms with Crippen molar-refractivity contribution in [3.05, 3.63) is 47.4 Å². The van der Waals surface area contributed by atoms with Gasteiger partial charge in [-0.15, -0.1) is 0 Å². The number of nitrogens with zero attached hydrogens (tertiary/aromatic N) is 3. The molecular weight excluding hydrogens is 288 g/mol. The van der Waals surface area contributed by atoms with E-state index in [2.05, 4.69) is 20.2 Å². The highest BCUT2D eigenvalue weighted by molar-refractivity contribution is 6.30. The van der Waals surface area contributed by atoms with Crippen molar-refractivity contribution in [3.8, 4) is 0 Å². The summed E-state index contributed by atoms with van der Waals surface area (Å²) in [7, 11) is 0. The zero-order valence-electron chi connectivity index (χ0n) is 12.0. The van der Waals surface area contributed by atoms with E-state index in [-0.39, 0.29) is 5.91 Å². The number of halogens is 1. The van der Waals surface area contributed by atoms with E-state index in [4.69, 9.17) is 11.6 Å². The molecule has 1 aromatic carbocycles. The molecule has 0 saturated heterocycles. The molecule has 0 aliphatic carbocycles. The molecule has 110 valence electrons. The monoisotopic (exact) mass is 304 g/mol. The molecule has 1 heterocycles. The largest absolute Gasteiger partial charge is 0.357 e. The van der Waals surface area contributed by atoms with Crippen molar-refractivity contribution in [2.45, 2.75) is 13.8 Å². The van der Waals surface area contributed by atoms with Gasteiger partial charge in [-0.1, -0.05) is 17.7 Å². The minimum Gasteiger partial charge on any atom is -0.357 e. The van der Waals surface area contributed by atoms with Gasteiger partial charge in [-0.05, 0) is 32.0 Å². The first-order valence-electron chi connectivity index (χ1n) is 6.78. The molecule has 1 aromatic heterocycles. The summed E-state index contributed by atoms with van der Waals surface area (Å²) in [5.74, 6) is 0.458. The molecule has 5 nitrogen and oxygen atoms in total. The Bertz CT molecular complexity index is 629. The summed E-state index contributed by atoms with van der Waals surface area (Å²) in [6.07, 6.45) is 1.40. The Morgan fingerprint density at radius 1 is 1.24 bits per heavy atom. The number of benzene rings is 1. The van der Waals surface area contributed by atoms with Crippen LogP contribution in [0, 0.1) is 0 Å². The Morgan fingerprint density at radius 2 is 2.00 bits per heavy atom. The second-order valence-electron chi connectivity index (χ2n) is 4.40. The van der Waals surface area contributed by atoms with Gasteiger partial charge < -0.3 is 10.2 Å². The highest BCUT2D eigenvalue weighted by Gasteiger charge is 2.11. The average Bonchev–Trinajstić information content (AvgIpc) is 2.49. The molecular formula is C15H17ClN4O. The van der Waals surface area contributed by atoms with Crippen molar-refractivity contribution in [1.82, 2.24) is 9.97 Å². The number of carbonyl (C=O) groups excluding carboxylic acids is 1. The minimum atomic E-state index is -0.284. The molecule has 0 bridgehead atoms. The van der Waals surface area contributed by atoms with Gasteiger partial charge in [0.2, 0.25) is 0 Å². The molecule has 0 radical (unpaired) electrons. The fourth-order valence-corrected chi connectivity index (χ4v) is 2.14. The Labute approximate surface area is 129 Å². The van der Waals surface area contributed by atoms with Crippen LogP contribution >= 0.6 is 11.6 Å². The SMILES string of the molecule is CCN(CC)c1cc(C(=O)Nc2cccc(Cl)c2)ncn1. The van der Waals surface area contributed by atoms with Gasteiger partial charge in [-0.3, -0.25) is 4.79 Å². The third-order valence-corrected chi connectivity index (χ3v) is 3.29. The highest BCUT2D eigenvalue weighted by atomic mass is 35.5. The molecule has 0 aliphatic rings. The molecule has 0 saturated carbocycles. The number of hydrogen-bond donors (Lipinski definition) is 1. The number of nitrogens with one attached hydrogen (secondary N) is 1. The lowest BCUT2D eigenvalue weighted by Gasteiger charge is -2.19. The second-order valence-corrected chi connectivity index (χ2v) is 4.83. The van der Waals surface area contributed by atoms with E-state index < -0.39 is 0 Å². The number of anilines is 2. The Balaban J connectivity index is 2.18. The molecule has 1 N–H and O–H groups in total.